The second-order valence-corrected chi connectivity index (χ2v) is 7.60. The molecular formula is C19H21N3O3S. The first-order valence-corrected chi connectivity index (χ1v) is 9.23. The highest BCUT2D eigenvalue weighted by molar-refractivity contribution is 7.10. The number of imide groups is 1. The van der Waals surface area contributed by atoms with Gasteiger partial charge in [0.25, 0.3) is 5.91 Å². The van der Waals surface area contributed by atoms with E-state index in [4.69, 9.17) is 0 Å². The minimum atomic E-state index is -1.16. The lowest BCUT2D eigenvalue weighted by atomic mass is 9.91. The zero-order valence-electron chi connectivity index (χ0n) is 14.9. The number of hydrogen-bond donors (Lipinski definition) is 2. The Balaban J connectivity index is 1.71. The van der Waals surface area contributed by atoms with Crippen LogP contribution in [0.25, 0.3) is 0 Å². The summed E-state index contributed by atoms with van der Waals surface area (Å²) in [7, 11) is 0. The molecule has 0 bridgehead atoms. The predicted octanol–water partition coefficient (Wildman–Crippen LogP) is 2.70. The molecule has 0 aliphatic carbocycles. The molecule has 2 unspecified atom stereocenters. The van der Waals surface area contributed by atoms with Crippen molar-refractivity contribution in [3.05, 3.63) is 57.8 Å². The smallest absolute Gasteiger partial charge is 0.325 e. The minimum Gasteiger partial charge on any atom is -0.347 e. The van der Waals surface area contributed by atoms with Gasteiger partial charge in [0, 0.05) is 4.88 Å². The molecule has 26 heavy (non-hydrogen) atoms. The molecule has 136 valence electrons. The second kappa shape index (κ2) is 6.92. The van der Waals surface area contributed by atoms with Crippen LogP contribution >= 0.6 is 11.3 Å². The normalized spacial score (nSPS) is 20.8. The van der Waals surface area contributed by atoms with Gasteiger partial charge in [-0.3, -0.25) is 14.5 Å². The first kappa shape index (κ1) is 18.1. The third kappa shape index (κ3) is 3.35. The number of urea groups is 1. The summed E-state index contributed by atoms with van der Waals surface area (Å²) in [4.78, 5) is 39.4. The Morgan fingerprint density at radius 3 is 2.58 bits per heavy atom. The summed E-state index contributed by atoms with van der Waals surface area (Å²) in [6.45, 7) is 5.17. The molecule has 6 nitrogen and oxygen atoms in total. The van der Waals surface area contributed by atoms with Gasteiger partial charge in [-0.05, 0) is 37.8 Å². The predicted molar refractivity (Wildman–Crippen MR) is 99.7 cm³/mol. The van der Waals surface area contributed by atoms with Gasteiger partial charge in [0.15, 0.2) is 0 Å². The molecule has 1 saturated heterocycles. The highest BCUT2D eigenvalue weighted by Crippen LogP contribution is 2.29. The highest BCUT2D eigenvalue weighted by atomic mass is 32.1. The molecule has 2 atom stereocenters. The SMILES string of the molecule is Cc1ccc(C2(C)NC(=O)N(CC(=O)NC(C)c3cccs3)C2=O)cc1. The van der Waals surface area contributed by atoms with Crippen LogP contribution in [0.5, 0.6) is 0 Å². The standard InChI is InChI=1S/C19H21N3O3S/c1-12-6-8-14(9-7-12)19(3)17(24)22(18(25)21-19)11-16(23)20-13(2)15-5-4-10-26-15/h4-10,13H,11H2,1-3H3,(H,20,23)(H,21,25). The lowest BCUT2D eigenvalue weighted by Crippen LogP contribution is -2.43. The van der Waals surface area contributed by atoms with Crippen LogP contribution in [0.3, 0.4) is 0 Å². The van der Waals surface area contributed by atoms with Crippen molar-refractivity contribution in [1.82, 2.24) is 15.5 Å². The lowest BCUT2D eigenvalue weighted by molar-refractivity contribution is -0.135. The van der Waals surface area contributed by atoms with E-state index < -0.39 is 17.5 Å². The molecule has 2 N–H and O–H groups in total. The zero-order chi connectivity index (χ0) is 18.9. The molecule has 7 heteroatoms. The van der Waals surface area contributed by atoms with Crippen LogP contribution in [0.15, 0.2) is 41.8 Å². The molecule has 2 heterocycles. The molecule has 3 rings (SSSR count). The monoisotopic (exact) mass is 371 g/mol. The van der Waals surface area contributed by atoms with Crippen molar-refractivity contribution in [2.75, 3.05) is 6.54 Å². The lowest BCUT2D eigenvalue weighted by Gasteiger charge is -2.22. The fraction of sp³-hybridized carbons (Fsp3) is 0.316. The molecule has 0 radical (unpaired) electrons. The maximum atomic E-state index is 12.8. The van der Waals surface area contributed by atoms with Crippen LogP contribution in [0.4, 0.5) is 4.79 Å². The number of carbonyl (C=O) groups is 3. The Bertz CT molecular complexity index is 832. The zero-order valence-corrected chi connectivity index (χ0v) is 15.7. The Kier molecular flexibility index (Phi) is 4.82. The van der Waals surface area contributed by atoms with Gasteiger partial charge in [-0.1, -0.05) is 35.9 Å². The Morgan fingerprint density at radius 2 is 1.96 bits per heavy atom. The molecule has 1 fully saturated rings. The third-order valence-corrected chi connectivity index (χ3v) is 5.61. The van der Waals surface area contributed by atoms with Crippen molar-refractivity contribution in [3.63, 3.8) is 0 Å². The second-order valence-electron chi connectivity index (χ2n) is 6.62. The summed E-state index contributed by atoms with van der Waals surface area (Å²) in [5.41, 5.74) is 0.592. The fourth-order valence-corrected chi connectivity index (χ4v) is 3.70. The van der Waals surface area contributed by atoms with E-state index in [-0.39, 0.29) is 18.5 Å². The number of amides is 4. The summed E-state index contributed by atoms with van der Waals surface area (Å²) in [5, 5.41) is 7.47. The van der Waals surface area contributed by atoms with E-state index in [0.717, 1.165) is 15.3 Å². The van der Waals surface area contributed by atoms with Crippen molar-refractivity contribution >= 4 is 29.2 Å². The van der Waals surface area contributed by atoms with Crippen LogP contribution in [-0.2, 0) is 15.1 Å². The van der Waals surface area contributed by atoms with Crippen molar-refractivity contribution < 1.29 is 14.4 Å². The minimum absolute atomic E-state index is 0.174. The number of nitrogens with zero attached hydrogens (tertiary/aromatic N) is 1. The third-order valence-electron chi connectivity index (χ3n) is 4.55. The summed E-state index contributed by atoms with van der Waals surface area (Å²) in [6, 6.07) is 10.5. The van der Waals surface area contributed by atoms with Crippen LogP contribution in [0.1, 0.15) is 35.9 Å². The number of carbonyl (C=O) groups excluding carboxylic acids is 3. The van der Waals surface area contributed by atoms with Crippen molar-refractivity contribution in [2.45, 2.75) is 32.4 Å². The van der Waals surface area contributed by atoms with Crippen molar-refractivity contribution in [1.29, 1.82) is 0 Å². The van der Waals surface area contributed by atoms with Gasteiger partial charge in [-0.25, -0.2) is 4.79 Å². The number of hydrogen-bond acceptors (Lipinski definition) is 4. The van der Waals surface area contributed by atoms with E-state index in [1.807, 2.05) is 55.6 Å². The molecule has 1 aliphatic heterocycles. The van der Waals surface area contributed by atoms with Crippen molar-refractivity contribution in [3.8, 4) is 0 Å². The fourth-order valence-electron chi connectivity index (χ4n) is 2.96. The molecule has 0 saturated carbocycles. The van der Waals surface area contributed by atoms with Gasteiger partial charge >= 0.3 is 6.03 Å². The first-order valence-electron chi connectivity index (χ1n) is 8.35. The average Bonchev–Trinajstić information content (AvgIpc) is 3.20. The molecule has 2 aromatic rings. The molecule has 4 amide bonds. The number of thiophene rings is 1. The van der Waals surface area contributed by atoms with E-state index in [9.17, 15) is 14.4 Å². The molecule has 1 aromatic carbocycles. The van der Waals surface area contributed by atoms with Crippen molar-refractivity contribution in [2.24, 2.45) is 0 Å². The highest BCUT2D eigenvalue weighted by Gasteiger charge is 2.49. The van der Waals surface area contributed by atoms with Gasteiger partial charge in [-0.15, -0.1) is 11.3 Å². The summed E-state index contributed by atoms with van der Waals surface area (Å²) >= 11 is 1.54. The molecule has 1 aliphatic rings. The van der Waals surface area contributed by atoms with Gasteiger partial charge in [0.05, 0.1) is 6.04 Å². The summed E-state index contributed by atoms with van der Waals surface area (Å²) in [6.07, 6.45) is 0. The quantitative estimate of drug-likeness (QED) is 0.793. The number of rotatable bonds is 5. The largest absolute Gasteiger partial charge is 0.347 e. The summed E-state index contributed by atoms with van der Waals surface area (Å²) in [5.74, 6) is -0.798. The van der Waals surface area contributed by atoms with Gasteiger partial charge in [0.1, 0.15) is 12.1 Å². The van der Waals surface area contributed by atoms with Gasteiger partial charge in [0.2, 0.25) is 5.91 Å². The Morgan fingerprint density at radius 1 is 1.27 bits per heavy atom. The molecule has 1 aromatic heterocycles. The maximum absolute atomic E-state index is 12.8. The molecule has 0 spiro atoms. The van der Waals surface area contributed by atoms with E-state index in [2.05, 4.69) is 10.6 Å². The average molecular weight is 371 g/mol. The Hall–Kier alpha value is -2.67. The Labute approximate surface area is 156 Å². The number of aryl methyl sites for hydroxylation is 1. The number of benzene rings is 1. The van der Waals surface area contributed by atoms with Crippen LogP contribution in [0.2, 0.25) is 0 Å². The van der Waals surface area contributed by atoms with E-state index >= 15 is 0 Å². The number of nitrogens with one attached hydrogen (secondary N) is 2. The maximum Gasteiger partial charge on any atom is 0.325 e. The van der Waals surface area contributed by atoms with Crippen LogP contribution < -0.4 is 10.6 Å². The van der Waals surface area contributed by atoms with Gasteiger partial charge < -0.3 is 10.6 Å². The first-order chi connectivity index (χ1) is 12.3. The van der Waals surface area contributed by atoms with Gasteiger partial charge in [-0.2, -0.15) is 0 Å². The summed E-state index contributed by atoms with van der Waals surface area (Å²) < 4.78 is 0. The van der Waals surface area contributed by atoms with E-state index in [1.54, 1.807) is 18.3 Å². The van der Waals surface area contributed by atoms with Crippen LogP contribution in [-0.4, -0.2) is 29.3 Å². The van der Waals surface area contributed by atoms with E-state index in [1.165, 1.54) is 0 Å². The van der Waals surface area contributed by atoms with E-state index in [0.29, 0.717) is 5.56 Å². The molecular weight excluding hydrogens is 350 g/mol. The van der Waals surface area contributed by atoms with Crippen LogP contribution in [0, 0.1) is 6.92 Å². The topological polar surface area (TPSA) is 78.5 Å².